The number of thiophene rings is 1. The first-order chi connectivity index (χ1) is 13.4. The minimum Gasteiger partial charge on any atom is -0.392 e. The van der Waals surface area contributed by atoms with Gasteiger partial charge >= 0.3 is 0 Å². The number of ether oxygens (including phenoxy) is 1. The van der Waals surface area contributed by atoms with Crippen LogP contribution in [0.1, 0.15) is 36.8 Å². The number of aromatic nitrogens is 2. The molecule has 5 nitrogen and oxygen atoms in total. The molecule has 0 unspecified atom stereocenters. The summed E-state index contributed by atoms with van der Waals surface area (Å²) >= 11 is 3.33. The van der Waals surface area contributed by atoms with Crippen molar-refractivity contribution in [2.45, 2.75) is 56.4 Å². The second-order valence-corrected chi connectivity index (χ2v) is 9.79. The van der Waals surface area contributed by atoms with Crippen LogP contribution in [0.2, 0.25) is 0 Å². The maximum Gasteiger partial charge on any atom is 0.191 e. The summed E-state index contributed by atoms with van der Waals surface area (Å²) in [6, 6.07) is 10.3. The number of aliphatic hydroxyl groups excluding tert-OH is 1. The van der Waals surface area contributed by atoms with Crippen LogP contribution in [0, 0.1) is 0 Å². The van der Waals surface area contributed by atoms with Gasteiger partial charge in [-0.2, -0.15) is 0 Å². The number of aliphatic hydroxyl groups is 1. The van der Waals surface area contributed by atoms with Crippen LogP contribution in [0.25, 0.3) is 10.2 Å². The van der Waals surface area contributed by atoms with Crippen LogP contribution < -0.4 is 5.32 Å². The summed E-state index contributed by atoms with van der Waals surface area (Å²) in [4.78, 5) is 11.9. The van der Waals surface area contributed by atoms with E-state index in [0.717, 1.165) is 33.4 Å². The zero-order valence-electron chi connectivity index (χ0n) is 16.4. The topological polar surface area (TPSA) is 67.3 Å². The summed E-state index contributed by atoms with van der Waals surface area (Å²) in [5.74, 6) is 1.64. The number of benzene rings is 1. The van der Waals surface area contributed by atoms with Gasteiger partial charge in [0, 0.05) is 23.6 Å². The van der Waals surface area contributed by atoms with Gasteiger partial charge in [-0.15, -0.1) is 11.3 Å². The highest BCUT2D eigenvalue weighted by Crippen LogP contribution is 2.41. The maximum atomic E-state index is 9.75. The van der Waals surface area contributed by atoms with Crippen molar-refractivity contribution in [3.63, 3.8) is 0 Å². The second kappa shape index (κ2) is 7.99. The molecule has 4 rings (SSSR count). The average Bonchev–Trinajstić information content (AvgIpc) is 3.02. The molecule has 0 bridgehead atoms. The molecule has 0 aliphatic carbocycles. The van der Waals surface area contributed by atoms with Gasteiger partial charge in [0.1, 0.15) is 10.6 Å². The standard InChI is InChI=1S/C21H25N3O2S2/c1-13(25)10-22-18-17-15-9-21(2,3)26-11-16(15)28-19(17)24-20(23-18)27-12-14-7-5-4-6-8-14/h4-8,13,25H,9-12H2,1-3H3,(H,22,23,24)/t13-/m1/s1. The van der Waals surface area contributed by atoms with Crippen molar-refractivity contribution in [2.75, 3.05) is 11.9 Å². The predicted octanol–water partition coefficient (Wildman–Crippen LogP) is 4.63. The smallest absolute Gasteiger partial charge is 0.191 e. The van der Waals surface area contributed by atoms with E-state index < -0.39 is 6.10 Å². The van der Waals surface area contributed by atoms with E-state index in [1.165, 1.54) is 16.0 Å². The molecule has 148 valence electrons. The maximum absolute atomic E-state index is 9.75. The lowest BCUT2D eigenvalue weighted by atomic mass is 9.94. The van der Waals surface area contributed by atoms with Crippen LogP contribution in [-0.2, 0) is 23.5 Å². The van der Waals surface area contributed by atoms with Crippen LogP contribution >= 0.6 is 23.1 Å². The van der Waals surface area contributed by atoms with Gasteiger partial charge in [0.2, 0.25) is 0 Å². The van der Waals surface area contributed by atoms with Gasteiger partial charge < -0.3 is 15.2 Å². The predicted molar refractivity (Wildman–Crippen MR) is 116 cm³/mol. The third kappa shape index (κ3) is 4.33. The Morgan fingerprint density at radius 3 is 2.82 bits per heavy atom. The number of thioether (sulfide) groups is 1. The Kier molecular flexibility index (Phi) is 5.60. The molecule has 1 aliphatic rings. The lowest BCUT2D eigenvalue weighted by Crippen LogP contribution is -2.31. The van der Waals surface area contributed by atoms with Crippen molar-refractivity contribution >= 4 is 39.1 Å². The number of rotatable bonds is 6. The molecule has 7 heteroatoms. The molecular formula is C21H25N3O2S2. The number of fused-ring (bicyclic) bond motifs is 3. The Bertz CT molecular complexity index is 971. The van der Waals surface area contributed by atoms with Crippen LogP contribution in [0.4, 0.5) is 5.82 Å². The normalized spacial score (nSPS) is 16.7. The molecule has 2 N–H and O–H groups in total. The molecule has 28 heavy (non-hydrogen) atoms. The molecule has 1 aliphatic heterocycles. The molecule has 0 radical (unpaired) electrons. The van der Waals surface area contributed by atoms with Crippen LogP contribution in [0.15, 0.2) is 35.5 Å². The van der Waals surface area contributed by atoms with E-state index in [1.54, 1.807) is 30.0 Å². The van der Waals surface area contributed by atoms with Gasteiger partial charge in [0.15, 0.2) is 5.16 Å². The minimum absolute atomic E-state index is 0.191. The lowest BCUT2D eigenvalue weighted by Gasteiger charge is -2.30. The molecule has 0 spiro atoms. The molecule has 3 heterocycles. The number of hydrogen-bond donors (Lipinski definition) is 2. The van der Waals surface area contributed by atoms with Crippen LogP contribution in [0.5, 0.6) is 0 Å². The third-order valence-corrected chi connectivity index (χ3v) is 6.70. The van der Waals surface area contributed by atoms with E-state index in [2.05, 4.69) is 31.3 Å². The fraction of sp³-hybridized carbons (Fsp3) is 0.429. The molecule has 1 atom stereocenters. The van der Waals surface area contributed by atoms with Crippen molar-refractivity contribution in [3.05, 3.63) is 46.3 Å². The summed E-state index contributed by atoms with van der Waals surface area (Å²) in [6.07, 6.45) is 0.394. The molecule has 0 saturated heterocycles. The Morgan fingerprint density at radius 2 is 2.07 bits per heavy atom. The Hall–Kier alpha value is -1.67. The molecule has 0 fully saturated rings. The second-order valence-electron chi connectivity index (χ2n) is 7.77. The SMILES string of the molecule is C[C@@H](O)CNc1nc(SCc2ccccc2)nc2sc3c(c12)CC(C)(C)OC3. The largest absolute Gasteiger partial charge is 0.392 e. The highest BCUT2D eigenvalue weighted by molar-refractivity contribution is 7.98. The van der Waals surface area contributed by atoms with Crippen molar-refractivity contribution in [1.82, 2.24) is 9.97 Å². The first kappa shape index (κ1) is 19.6. The van der Waals surface area contributed by atoms with Gasteiger partial charge in [-0.1, -0.05) is 42.1 Å². The van der Waals surface area contributed by atoms with Gasteiger partial charge in [0.05, 0.1) is 23.7 Å². The van der Waals surface area contributed by atoms with Crippen molar-refractivity contribution < 1.29 is 9.84 Å². The van der Waals surface area contributed by atoms with Crippen molar-refractivity contribution in [1.29, 1.82) is 0 Å². The number of nitrogens with zero attached hydrogens (tertiary/aromatic N) is 2. The average molecular weight is 416 g/mol. The zero-order chi connectivity index (χ0) is 19.7. The summed E-state index contributed by atoms with van der Waals surface area (Å²) in [6.45, 7) is 7.09. The Balaban J connectivity index is 1.70. The summed E-state index contributed by atoms with van der Waals surface area (Å²) in [5, 5.41) is 14.9. The van der Waals surface area contributed by atoms with Crippen molar-refractivity contribution in [2.24, 2.45) is 0 Å². The quantitative estimate of drug-likeness (QED) is 0.452. The molecule has 2 aromatic heterocycles. The molecule has 0 amide bonds. The van der Waals surface area contributed by atoms with Gasteiger partial charge in [-0.05, 0) is 31.9 Å². The van der Waals surface area contributed by atoms with E-state index in [1.807, 2.05) is 18.2 Å². The third-order valence-electron chi connectivity index (χ3n) is 4.69. The molecule has 3 aromatic rings. The zero-order valence-corrected chi connectivity index (χ0v) is 18.0. The van der Waals surface area contributed by atoms with Crippen molar-refractivity contribution in [3.8, 4) is 0 Å². The Morgan fingerprint density at radius 1 is 1.29 bits per heavy atom. The highest BCUT2D eigenvalue weighted by atomic mass is 32.2. The van der Waals surface area contributed by atoms with Gasteiger partial charge in [0.25, 0.3) is 0 Å². The monoisotopic (exact) mass is 415 g/mol. The summed E-state index contributed by atoms with van der Waals surface area (Å²) in [7, 11) is 0. The minimum atomic E-state index is -0.445. The first-order valence-electron chi connectivity index (χ1n) is 9.46. The van der Waals surface area contributed by atoms with E-state index in [-0.39, 0.29) is 5.60 Å². The van der Waals surface area contributed by atoms with E-state index in [0.29, 0.717) is 13.2 Å². The number of nitrogens with one attached hydrogen (secondary N) is 1. The molecule has 0 saturated carbocycles. The van der Waals surface area contributed by atoms with Crippen LogP contribution in [-0.4, -0.2) is 33.3 Å². The summed E-state index contributed by atoms with van der Waals surface area (Å²) < 4.78 is 5.99. The Labute approximate surface area is 173 Å². The summed E-state index contributed by atoms with van der Waals surface area (Å²) in [5.41, 5.74) is 2.34. The lowest BCUT2D eigenvalue weighted by molar-refractivity contribution is -0.0379. The number of anilines is 1. The molecular weight excluding hydrogens is 390 g/mol. The fourth-order valence-corrected chi connectivity index (χ4v) is 5.24. The first-order valence-corrected chi connectivity index (χ1v) is 11.3. The van der Waals surface area contributed by atoms with Gasteiger partial charge in [-0.25, -0.2) is 9.97 Å². The molecule has 1 aromatic carbocycles. The van der Waals surface area contributed by atoms with E-state index >= 15 is 0 Å². The number of hydrogen-bond acceptors (Lipinski definition) is 7. The van der Waals surface area contributed by atoms with E-state index in [4.69, 9.17) is 14.7 Å². The highest BCUT2D eigenvalue weighted by Gasteiger charge is 2.31. The van der Waals surface area contributed by atoms with E-state index in [9.17, 15) is 5.11 Å². The van der Waals surface area contributed by atoms with Crippen LogP contribution in [0.3, 0.4) is 0 Å². The fourth-order valence-electron chi connectivity index (χ4n) is 3.28. The van der Waals surface area contributed by atoms with Gasteiger partial charge in [-0.3, -0.25) is 0 Å².